The SMILES string of the molecule is CC(=O)OSCc1ccc([N+](=O)[O-])cc1. The van der Waals surface area contributed by atoms with Crippen LogP contribution >= 0.6 is 12.0 Å². The highest BCUT2D eigenvalue weighted by atomic mass is 32.2. The molecule has 0 unspecified atom stereocenters. The molecule has 0 atom stereocenters. The third-order valence-corrected chi connectivity index (χ3v) is 2.35. The number of hydrogen-bond acceptors (Lipinski definition) is 5. The van der Waals surface area contributed by atoms with Crippen molar-refractivity contribution in [3.63, 3.8) is 0 Å². The molecule has 0 bridgehead atoms. The van der Waals surface area contributed by atoms with Crippen molar-refractivity contribution in [1.82, 2.24) is 0 Å². The van der Waals surface area contributed by atoms with E-state index in [0.717, 1.165) is 17.6 Å². The summed E-state index contributed by atoms with van der Waals surface area (Å²) in [5.74, 6) is 0.124. The molecule has 0 fully saturated rings. The van der Waals surface area contributed by atoms with Gasteiger partial charge in [0.2, 0.25) is 0 Å². The van der Waals surface area contributed by atoms with Crippen molar-refractivity contribution in [2.75, 3.05) is 0 Å². The molecule has 0 heterocycles. The number of nitro benzene ring substituents is 1. The molecule has 0 amide bonds. The second-order valence-corrected chi connectivity index (χ2v) is 3.45. The fourth-order valence-corrected chi connectivity index (χ4v) is 1.45. The number of rotatable bonds is 4. The van der Waals surface area contributed by atoms with E-state index in [1.807, 2.05) is 0 Å². The van der Waals surface area contributed by atoms with Crippen LogP contribution in [0.3, 0.4) is 0 Å². The fraction of sp³-hybridized carbons (Fsp3) is 0.222. The van der Waals surface area contributed by atoms with Gasteiger partial charge in [0.15, 0.2) is 0 Å². The first kappa shape index (κ1) is 11.5. The van der Waals surface area contributed by atoms with Crippen molar-refractivity contribution >= 4 is 23.7 Å². The molecular formula is C9H9NO4S. The summed E-state index contributed by atoms with van der Waals surface area (Å²) >= 11 is 1.01. The van der Waals surface area contributed by atoms with Crippen molar-refractivity contribution in [3.8, 4) is 0 Å². The van der Waals surface area contributed by atoms with Crippen molar-refractivity contribution in [2.24, 2.45) is 0 Å². The maximum absolute atomic E-state index is 10.4. The summed E-state index contributed by atoms with van der Waals surface area (Å²) in [4.78, 5) is 20.3. The van der Waals surface area contributed by atoms with Crippen molar-refractivity contribution in [3.05, 3.63) is 39.9 Å². The summed E-state index contributed by atoms with van der Waals surface area (Å²) < 4.78 is 4.67. The van der Waals surface area contributed by atoms with Gasteiger partial charge in [-0.1, -0.05) is 12.1 Å². The third-order valence-electron chi connectivity index (χ3n) is 1.55. The lowest BCUT2D eigenvalue weighted by Crippen LogP contribution is -1.91. The summed E-state index contributed by atoms with van der Waals surface area (Å²) in [6, 6.07) is 6.11. The molecule has 0 aliphatic heterocycles. The minimum atomic E-state index is -0.455. The molecule has 0 spiro atoms. The first-order valence-electron chi connectivity index (χ1n) is 4.13. The lowest BCUT2D eigenvalue weighted by molar-refractivity contribution is -0.384. The highest BCUT2D eigenvalue weighted by Crippen LogP contribution is 2.17. The Labute approximate surface area is 90.8 Å². The molecule has 0 saturated carbocycles. The van der Waals surface area contributed by atoms with Gasteiger partial charge in [-0.3, -0.25) is 14.9 Å². The number of nitro groups is 1. The molecule has 0 aromatic heterocycles. The third kappa shape index (κ3) is 3.99. The van der Waals surface area contributed by atoms with Crippen LogP contribution < -0.4 is 0 Å². The zero-order valence-electron chi connectivity index (χ0n) is 8.00. The minimum Gasteiger partial charge on any atom is -0.391 e. The molecule has 0 saturated heterocycles. The summed E-state index contributed by atoms with van der Waals surface area (Å²) in [7, 11) is 0. The van der Waals surface area contributed by atoms with Crippen LogP contribution in [0.15, 0.2) is 24.3 Å². The lowest BCUT2D eigenvalue weighted by Gasteiger charge is -1.99. The molecule has 5 nitrogen and oxygen atoms in total. The number of non-ortho nitro benzene ring substituents is 1. The fourth-order valence-electron chi connectivity index (χ4n) is 0.894. The Bertz CT molecular complexity index is 363. The van der Waals surface area contributed by atoms with Crippen LogP contribution in [0.5, 0.6) is 0 Å². The van der Waals surface area contributed by atoms with E-state index in [-0.39, 0.29) is 11.7 Å². The molecule has 1 aromatic rings. The van der Waals surface area contributed by atoms with Gasteiger partial charge in [0, 0.05) is 19.1 Å². The Morgan fingerprint density at radius 2 is 2.07 bits per heavy atom. The average molecular weight is 227 g/mol. The number of benzene rings is 1. The summed E-state index contributed by atoms with van der Waals surface area (Å²) in [6.07, 6.45) is 0. The molecule has 6 heteroatoms. The van der Waals surface area contributed by atoms with Crippen LogP contribution in [-0.2, 0) is 14.7 Å². The highest BCUT2D eigenvalue weighted by Gasteiger charge is 2.04. The van der Waals surface area contributed by atoms with Gasteiger partial charge in [0.1, 0.15) is 0 Å². The van der Waals surface area contributed by atoms with Gasteiger partial charge in [-0.15, -0.1) is 0 Å². The van der Waals surface area contributed by atoms with Gasteiger partial charge >= 0.3 is 5.97 Å². The highest BCUT2D eigenvalue weighted by molar-refractivity contribution is 7.94. The number of hydrogen-bond donors (Lipinski definition) is 0. The van der Waals surface area contributed by atoms with Crippen LogP contribution in [0.4, 0.5) is 5.69 Å². The largest absolute Gasteiger partial charge is 0.391 e. The van der Waals surface area contributed by atoms with E-state index in [2.05, 4.69) is 4.18 Å². The maximum atomic E-state index is 10.4. The van der Waals surface area contributed by atoms with E-state index in [0.29, 0.717) is 5.75 Å². The number of carbonyl (C=O) groups is 1. The van der Waals surface area contributed by atoms with Gasteiger partial charge in [0.25, 0.3) is 5.69 Å². The van der Waals surface area contributed by atoms with Crippen LogP contribution in [-0.4, -0.2) is 10.9 Å². The summed E-state index contributed by atoms with van der Waals surface area (Å²) in [6.45, 7) is 1.32. The van der Waals surface area contributed by atoms with E-state index in [1.165, 1.54) is 19.1 Å². The Morgan fingerprint density at radius 1 is 1.47 bits per heavy atom. The van der Waals surface area contributed by atoms with Gasteiger partial charge in [-0.05, 0) is 5.56 Å². The lowest BCUT2D eigenvalue weighted by atomic mass is 10.2. The first-order chi connectivity index (χ1) is 7.09. The van der Waals surface area contributed by atoms with Gasteiger partial charge in [0.05, 0.1) is 22.7 Å². The Balaban J connectivity index is 2.50. The Hall–Kier alpha value is -1.56. The zero-order chi connectivity index (χ0) is 11.3. The molecule has 80 valence electrons. The van der Waals surface area contributed by atoms with E-state index in [1.54, 1.807) is 12.1 Å². The van der Waals surface area contributed by atoms with Crippen molar-refractivity contribution < 1.29 is 13.9 Å². The van der Waals surface area contributed by atoms with Crippen LogP contribution in [0, 0.1) is 10.1 Å². The monoisotopic (exact) mass is 227 g/mol. The van der Waals surface area contributed by atoms with E-state index >= 15 is 0 Å². The molecule has 0 N–H and O–H groups in total. The Morgan fingerprint density at radius 3 is 2.53 bits per heavy atom. The van der Waals surface area contributed by atoms with Gasteiger partial charge in [-0.25, -0.2) is 0 Å². The van der Waals surface area contributed by atoms with E-state index in [4.69, 9.17) is 0 Å². The molecular weight excluding hydrogens is 218 g/mol. The molecule has 1 aromatic carbocycles. The standard InChI is InChI=1S/C9H9NO4S/c1-7(11)14-15-6-8-2-4-9(5-3-8)10(12)13/h2-5H,6H2,1H3. The maximum Gasteiger partial charge on any atom is 0.314 e. The predicted octanol–water partition coefficient (Wildman–Crippen LogP) is 2.31. The zero-order valence-corrected chi connectivity index (χ0v) is 8.82. The normalized spacial score (nSPS) is 9.67. The smallest absolute Gasteiger partial charge is 0.314 e. The van der Waals surface area contributed by atoms with Gasteiger partial charge in [-0.2, -0.15) is 0 Å². The molecule has 0 aliphatic rings. The van der Waals surface area contributed by atoms with Gasteiger partial charge < -0.3 is 4.18 Å². The van der Waals surface area contributed by atoms with Crippen molar-refractivity contribution in [2.45, 2.75) is 12.7 Å². The topological polar surface area (TPSA) is 69.4 Å². The first-order valence-corrected chi connectivity index (χ1v) is 5.04. The van der Waals surface area contributed by atoms with Crippen LogP contribution in [0.2, 0.25) is 0 Å². The second-order valence-electron chi connectivity index (χ2n) is 2.76. The predicted molar refractivity (Wildman–Crippen MR) is 56.2 cm³/mol. The molecule has 0 radical (unpaired) electrons. The summed E-state index contributed by atoms with van der Waals surface area (Å²) in [5, 5.41) is 10.3. The summed E-state index contributed by atoms with van der Waals surface area (Å²) in [5.41, 5.74) is 0.920. The molecule has 15 heavy (non-hydrogen) atoms. The molecule has 1 rings (SSSR count). The second kappa shape index (κ2) is 5.35. The minimum absolute atomic E-state index is 0.0521. The van der Waals surface area contributed by atoms with Crippen molar-refractivity contribution in [1.29, 1.82) is 0 Å². The quantitative estimate of drug-likeness (QED) is 0.448. The van der Waals surface area contributed by atoms with E-state index in [9.17, 15) is 14.9 Å². The number of carbonyl (C=O) groups excluding carboxylic acids is 1. The number of nitrogens with zero attached hydrogens (tertiary/aromatic N) is 1. The Kier molecular flexibility index (Phi) is 4.11. The van der Waals surface area contributed by atoms with Crippen LogP contribution in [0.1, 0.15) is 12.5 Å². The average Bonchev–Trinajstić information content (AvgIpc) is 2.18. The van der Waals surface area contributed by atoms with Crippen LogP contribution in [0.25, 0.3) is 0 Å². The molecule has 0 aliphatic carbocycles. The van der Waals surface area contributed by atoms with E-state index < -0.39 is 4.92 Å².